The number of rotatable bonds is 7. The molecule has 1 aromatic rings. The Morgan fingerprint density at radius 2 is 1.43 bits per heavy atom. The fourth-order valence-corrected chi connectivity index (χ4v) is 4.76. The van der Waals surface area contributed by atoms with Crippen LogP contribution in [0.25, 0.3) is 0 Å². The van der Waals surface area contributed by atoms with Crippen molar-refractivity contribution in [2.45, 2.75) is 90.6 Å². The summed E-state index contributed by atoms with van der Waals surface area (Å²) < 4.78 is 24.3. The van der Waals surface area contributed by atoms with Crippen LogP contribution in [-0.2, 0) is 21.8 Å². The molecular formula is C20H39O5PSi2. The summed E-state index contributed by atoms with van der Waals surface area (Å²) in [5.74, 6) is 0.575. The van der Waals surface area contributed by atoms with Crippen molar-refractivity contribution in [3.8, 4) is 5.75 Å². The van der Waals surface area contributed by atoms with E-state index in [-0.39, 0.29) is 16.2 Å². The molecule has 5 nitrogen and oxygen atoms in total. The third-order valence-corrected chi connectivity index (χ3v) is 15.7. The highest BCUT2D eigenvalue weighted by Crippen LogP contribution is 2.44. The van der Waals surface area contributed by atoms with Gasteiger partial charge in [0.15, 0.2) is 8.32 Å². The van der Waals surface area contributed by atoms with Gasteiger partial charge in [-0.2, -0.15) is 0 Å². The molecule has 162 valence electrons. The third-order valence-electron chi connectivity index (χ3n) is 6.09. The third kappa shape index (κ3) is 7.11. The topological polar surface area (TPSA) is 76.0 Å². The molecule has 0 aliphatic heterocycles. The van der Waals surface area contributed by atoms with Crippen molar-refractivity contribution < 1.29 is 23.2 Å². The minimum Gasteiger partial charge on any atom is -0.543 e. The summed E-state index contributed by atoms with van der Waals surface area (Å²) in [6.07, 6.45) is -0.319. The average molecular weight is 447 g/mol. The van der Waals surface area contributed by atoms with Crippen LogP contribution in [0.3, 0.4) is 0 Å². The lowest BCUT2D eigenvalue weighted by Crippen LogP contribution is -2.44. The van der Waals surface area contributed by atoms with Gasteiger partial charge in [0.25, 0.3) is 0 Å². The molecule has 0 atom stereocenters. The van der Waals surface area contributed by atoms with Crippen LogP contribution in [0, 0.1) is 0 Å². The van der Waals surface area contributed by atoms with Crippen molar-refractivity contribution in [1.29, 1.82) is 0 Å². The van der Waals surface area contributed by atoms with Crippen LogP contribution in [0.5, 0.6) is 5.75 Å². The smallest absolute Gasteiger partial charge is 0.330 e. The zero-order valence-electron chi connectivity index (χ0n) is 19.2. The minimum atomic E-state index is -4.19. The van der Waals surface area contributed by atoms with E-state index < -0.39 is 24.2 Å². The van der Waals surface area contributed by atoms with Gasteiger partial charge in [-0.05, 0) is 47.9 Å². The van der Waals surface area contributed by atoms with Crippen LogP contribution >= 0.6 is 7.60 Å². The Labute approximate surface area is 173 Å². The van der Waals surface area contributed by atoms with Gasteiger partial charge in [0.2, 0.25) is 8.32 Å². The van der Waals surface area contributed by atoms with Gasteiger partial charge < -0.3 is 18.6 Å². The SMILES string of the molecule is CC(C)(C)[Si](C)(C)OCc1ccc(CP(=O)(O)O)c(O[Si](C)(C)C(C)(C)C)c1. The van der Waals surface area contributed by atoms with Crippen LogP contribution in [0.2, 0.25) is 36.3 Å². The number of benzene rings is 1. The van der Waals surface area contributed by atoms with E-state index in [0.29, 0.717) is 17.9 Å². The van der Waals surface area contributed by atoms with Gasteiger partial charge in [-0.3, -0.25) is 4.57 Å². The minimum absolute atomic E-state index is 0.0138. The van der Waals surface area contributed by atoms with Gasteiger partial charge >= 0.3 is 7.60 Å². The maximum atomic E-state index is 11.6. The fraction of sp³-hybridized carbons (Fsp3) is 0.700. The Morgan fingerprint density at radius 3 is 1.86 bits per heavy atom. The summed E-state index contributed by atoms with van der Waals surface area (Å²) in [5, 5.41) is 0.105. The molecule has 0 aliphatic rings. The number of hydrogen-bond acceptors (Lipinski definition) is 3. The molecule has 0 spiro atoms. The lowest BCUT2D eigenvalue weighted by atomic mass is 10.1. The van der Waals surface area contributed by atoms with E-state index in [9.17, 15) is 14.4 Å². The first-order chi connectivity index (χ1) is 12.3. The van der Waals surface area contributed by atoms with Crippen molar-refractivity contribution >= 4 is 24.2 Å². The molecule has 0 aliphatic carbocycles. The Hall–Kier alpha value is -0.436. The Balaban J connectivity index is 3.22. The average Bonchev–Trinajstić information content (AvgIpc) is 2.43. The van der Waals surface area contributed by atoms with Crippen LogP contribution < -0.4 is 4.43 Å². The van der Waals surface area contributed by atoms with Crippen molar-refractivity contribution in [2.75, 3.05) is 0 Å². The molecule has 2 N–H and O–H groups in total. The van der Waals surface area contributed by atoms with Gasteiger partial charge in [0, 0.05) is 5.56 Å². The number of hydrogen-bond donors (Lipinski definition) is 2. The maximum Gasteiger partial charge on any atom is 0.330 e. The largest absolute Gasteiger partial charge is 0.543 e. The highest BCUT2D eigenvalue weighted by molar-refractivity contribution is 7.50. The molecule has 0 saturated carbocycles. The summed E-state index contributed by atoms with van der Waals surface area (Å²) >= 11 is 0. The van der Waals surface area contributed by atoms with Gasteiger partial charge in [-0.15, -0.1) is 0 Å². The Morgan fingerprint density at radius 1 is 0.929 bits per heavy atom. The summed E-state index contributed by atoms with van der Waals surface area (Å²) in [6, 6.07) is 5.56. The van der Waals surface area contributed by atoms with Gasteiger partial charge in [0.05, 0.1) is 12.8 Å². The van der Waals surface area contributed by atoms with E-state index in [1.807, 2.05) is 12.1 Å². The molecule has 0 unspecified atom stereocenters. The quantitative estimate of drug-likeness (QED) is 0.381. The normalized spacial score (nSPS) is 14.3. The first kappa shape index (κ1) is 25.6. The molecule has 1 aromatic carbocycles. The van der Waals surface area contributed by atoms with E-state index in [4.69, 9.17) is 8.85 Å². The van der Waals surface area contributed by atoms with Gasteiger partial charge in [-0.1, -0.05) is 53.7 Å². The molecule has 0 radical (unpaired) electrons. The van der Waals surface area contributed by atoms with Crippen molar-refractivity contribution in [3.63, 3.8) is 0 Å². The molecule has 0 heterocycles. The zero-order valence-corrected chi connectivity index (χ0v) is 22.1. The highest BCUT2D eigenvalue weighted by atomic mass is 31.2. The van der Waals surface area contributed by atoms with Crippen LogP contribution in [0.4, 0.5) is 0 Å². The molecule has 0 saturated heterocycles. The highest BCUT2D eigenvalue weighted by Gasteiger charge is 2.40. The first-order valence-corrected chi connectivity index (χ1v) is 17.4. The molecular weight excluding hydrogens is 407 g/mol. The van der Waals surface area contributed by atoms with E-state index >= 15 is 0 Å². The molecule has 0 bridgehead atoms. The lowest BCUT2D eigenvalue weighted by Gasteiger charge is -2.37. The Bertz CT molecular complexity index is 727. The first-order valence-electron chi connectivity index (χ1n) is 9.74. The van der Waals surface area contributed by atoms with Crippen molar-refractivity contribution in [3.05, 3.63) is 29.3 Å². The van der Waals surface area contributed by atoms with Crippen molar-refractivity contribution in [2.24, 2.45) is 0 Å². The molecule has 1 rings (SSSR count). The molecule has 0 amide bonds. The second kappa shape index (κ2) is 8.36. The molecule has 8 heteroatoms. The van der Waals surface area contributed by atoms with E-state index in [1.54, 1.807) is 6.07 Å². The van der Waals surface area contributed by atoms with Crippen molar-refractivity contribution in [1.82, 2.24) is 0 Å². The second-order valence-electron chi connectivity index (χ2n) is 10.7. The summed E-state index contributed by atoms with van der Waals surface area (Å²) in [6.45, 7) is 22.2. The Kier molecular flexibility index (Phi) is 7.65. The van der Waals surface area contributed by atoms with E-state index in [0.717, 1.165) is 5.56 Å². The zero-order chi connectivity index (χ0) is 22.2. The predicted molar refractivity (Wildman–Crippen MR) is 122 cm³/mol. The van der Waals surface area contributed by atoms with E-state index in [1.165, 1.54) is 0 Å². The maximum absolute atomic E-state index is 11.6. The molecule has 0 aromatic heterocycles. The predicted octanol–water partition coefficient (Wildman–Crippen LogP) is 6.27. The monoisotopic (exact) mass is 446 g/mol. The summed E-state index contributed by atoms with van der Waals surface area (Å²) in [4.78, 5) is 18.9. The summed E-state index contributed by atoms with van der Waals surface area (Å²) in [7, 11) is -8.23. The lowest BCUT2D eigenvalue weighted by molar-refractivity contribution is 0.276. The molecule has 28 heavy (non-hydrogen) atoms. The van der Waals surface area contributed by atoms with Crippen LogP contribution in [-0.4, -0.2) is 26.4 Å². The van der Waals surface area contributed by atoms with E-state index in [2.05, 4.69) is 67.7 Å². The molecule has 0 fully saturated rings. The standard InChI is InChI=1S/C20H39O5PSi2/c1-19(2,3)27(7,8)24-14-16-11-12-17(15-26(21,22)23)18(13-16)25-28(9,10)20(4,5)6/h11-13H,14-15H2,1-10H3,(H2,21,22,23). The second-order valence-corrected chi connectivity index (χ2v) is 21.9. The van der Waals surface area contributed by atoms with Crippen LogP contribution in [0.15, 0.2) is 18.2 Å². The fourth-order valence-electron chi connectivity index (χ4n) is 2.04. The summed E-state index contributed by atoms with van der Waals surface area (Å²) in [5.41, 5.74) is 1.52. The van der Waals surface area contributed by atoms with Crippen LogP contribution in [0.1, 0.15) is 52.7 Å². The van der Waals surface area contributed by atoms with Gasteiger partial charge in [0.1, 0.15) is 5.75 Å². The van der Waals surface area contributed by atoms with Gasteiger partial charge in [-0.25, -0.2) is 0 Å².